The second kappa shape index (κ2) is 4.60. The summed E-state index contributed by atoms with van der Waals surface area (Å²) in [6, 6.07) is 4.16. The van der Waals surface area contributed by atoms with E-state index in [4.69, 9.17) is 0 Å². The maximum atomic E-state index is 3.00. The lowest BCUT2D eigenvalue weighted by atomic mass is 10.5. The monoisotopic (exact) mass is 126 g/mol. The Morgan fingerprint density at radius 2 is 2.12 bits per heavy atom. The zero-order chi connectivity index (χ0) is 6.41. The van der Waals surface area contributed by atoms with Gasteiger partial charge in [-0.3, -0.25) is 0 Å². The molecule has 0 unspecified atom stereocenters. The van der Waals surface area contributed by atoms with Crippen LogP contribution in [0.1, 0.15) is 4.88 Å². The molecule has 0 nitrogen and oxygen atoms in total. The molecule has 0 aliphatic heterocycles. The van der Waals surface area contributed by atoms with Crippen molar-refractivity contribution in [3.8, 4) is 0 Å². The minimum atomic E-state index is 1.38. The molecule has 0 spiro atoms. The van der Waals surface area contributed by atoms with E-state index in [2.05, 4.69) is 37.6 Å². The SMILES string of the molecule is C=C.Cc1cccs1. The van der Waals surface area contributed by atoms with Gasteiger partial charge < -0.3 is 0 Å². The van der Waals surface area contributed by atoms with Gasteiger partial charge in [0.25, 0.3) is 0 Å². The van der Waals surface area contributed by atoms with Gasteiger partial charge in [-0.2, -0.15) is 0 Å². The van der Waals surface area contributed by atoms with Gasteiger partial charge in [0, 0.05) is 4.88 Å². The molecular weight excluding hydrogens is 116 g/mol. The van der Waals surface area contributed by atoms with Crippen molar-refractivity contribution in [1.29, 1.82) is 0 Å². The Bertz CT molecular complexity index is 119. The molecular formula is C7H10S. The molecule has 1 aromatic heterocycles. The van der Waals surface area contributed by atoms with Crippen LogP contribution in [0, 0.1) is 6.92 Å². The van der Waals surface area contributed by atoms with E-state index in [0.717, 1.165) is 0 Å². The quantitative estimate of drug-likeness (QED) is 0.469. The lowest BCUT2D eigenvalue weighted by Gasteiger charge is -1.65. The average molecular weight is 126 g/mol. The van der Waals surface area contributed by atoms with E-state index in [1.54, 1.807) is 11.3 Å². The third-order valence-electron chi connectivity index (χ3n) is 0.663. The first kappa shape index (κ1) is 7.44. The fraction of sp³-hybridized carbons (Fsp3) is 0.143. The summed E-state index contributed by atoms with van der Waals surface area (Å²) in [7, 11) is 0. The van der Waals surface area contributed by atoms with E-state index < -0.39 is 0 Å². The minimum Gasteiger partial charge on any atom is -0.149 e. The highest BCUT2D eigenvalue weighted by Gasteiger charge is 1.74. The topological polar surface area (TPSA) is 0 Å². The van der Waals surface area contributed by atoms with E-state index in [-0.39, 0.29) is 0 Å². The molecule has 0 aliphatic rings. The highest BCUT2D eigenvalue weighted by molar-refractivity contribution is 7.09. The van der Waals surface area contributed by atoms with E-state index in [9.17, 15) is 0 Å². The molecule has 0 bridgehead atoms. The molecule has 1 heterocycles. The standard InChI is InChI=1S/C5H6S.C2H4/c1-5-3-2-4-6-5;1-2/h2-4H,1H3;1-2H2. The smallest absolute Gasteiger partial charge is 0.00141 e. The molecule has 0 aliphatic carbocycles. The summed E-state index contributed by atoms with van der Waals surface area (Å²) in [5, 5.41) is 2.08. The van der Waals surface area contributed by atoms with Crippen molar-refractivity contribution < 1.29 is 0 Å². The molecule has 0 saturated carbocycles. The van der Waals surface area contributed by atoms with E-state index >= 15 is 0 Å². The Balaban J connectivity index is 0.000000222. The fourth-order valence-corrected chi connectivity index (χ4v) is 0.890. The van der Waals surface area contributed by atoms with Crippen LogP contribution < -0.4 is 0 Å². The van der Waals surface area contributed by atoms with Crippen LogP contribution in [-0.2, 0) is 0 Å². The van der Waals surface area contributed by atoms with Gasteiger partial charge in [0.05, 0.1) is 0 Å². The molecule has 0 aromatic carbocycles. The largest absolute Gasteiger partial charge is 0.149 e. The molecule has 0 radical (unpaired) electrons. The number of hydrogen-bond acceptors (Lipinski definition) is 1. The summed E-state index contributed by atoms with van der Waals surface area (Å²) >= 11 is 1.78. The Kier molecular flexibility index (Phi) is 4.27. The van der Waals surface area contributed by atoms with Gasteiger partial charge in [-0.1, -0.05) is 6.07 Å². The van der Waals surface area contributed by atoms with Crippen molar-refractivity contribution in [2.24, 2.45) is 0 Å². The highest BCUT2D eigenvalue weighted by Crippen LogP contribution is 2.03. The lowest BCUT2D eigenvalue weighted by Crippen LogP contribution is -1.42. The second-order valence-electron chi connectivity index (χ2n) is 1.22. The molecule has 0 amide bonds. The first-order chi connectivity index (χ1) is 3.89. The van der Waals surface area contributed by atoms with E-state index in [1.165, 1.54) is 4.88 Å². The van der Waals surface area contributed by atoms with Crippen LogP contribution in [0.25, 0.3) is 0 Å². The summed E-state index contributed by atoms with van der Waals surface area (Å²) < 4.78 is 0. The highest BCUT2D eigenvalue weighted by atomic mass is 32.1. The predicted octanol–water partition coefficient (Wildman–Crippen LogP) is 2.86. The van der Waals surface area contributed by atoms with Gasteiger partial charge in [-0.25, -0.2) is 0 Å². The number of hydrogen-bond donors (Lipinski definition) is 0. The third kappa shape index (κ3) is 2.59. The van der Waals surface area contributed by atoms with Gasteiger partial charge in [0.1, 0.15) is 0 Å². The average Bonchev–Trinajstić information content (AvgIpc) is 2.24. The van der Waals surface area contributed by atoms with Crippen molar-refractivity contribution in [1.82, 2.24) is 0 Å². The molecule has 8 heavy (non-hydrogen) atoms. The Morgan fingerprint density at radius 3 is 2.25 bits per heavy atom. The van der Waals surface area contributed by atoms with E-state index in [0.29, 0.717) is 0 Å². The zero-order valence-electron chi connectivity index (χ0n) is 5.05. The number of aryl methyl sites for hydroxylation is 1. The van der Waals surface area contributed by atoms with Crippen LogP contribution >= 0.6 is 11.3 Å². The zero-order valence-corrected chi connectivity index (χ0v) is 5.87. The summed E-state index contributed by atoms with van der Waals surface area (Å²) in [4.78, 5) is 1.38. The van der Waals surface area contributed by atoms with Gasteiger partial charge in [-0.05, 0) is 18.4 Å². The first-order valence-electron chi connectivity index (χ1n) is 2.40. The lowest BCUT2D eigenvalue weighted by molar-refractivity contribution is 1.64. The van der Waals surface area contributed by atoms with Crippen LogP contribution in [-0.4, -0.2) is 0 Å². The van der Waals surface area contributed by atoms with Crippen LogP contribution in [0.4, 0.5) is 0 Å². The van der Waals surface area contributed by atoms with Crippen LogP contribution in [0.3, 0.4) is 0 Å². The van der Waals surface area contributed by atoms with Gasteiger partial charge in [-0.15, -0.1) is 24.5 Å². The number of thiophene rings is 1. The molecule has 0 fully saturated rings. The molecule has 1 rings (SSSR count). The van der Waals surface area contributed by atoms with Crippen molar-refractivity contribution >= 4 is 11.3 Å². The van der Waals surface area contributed by atoms with Crippen molar-refractivity contribution in [2.75, 3.05) is 0 Å². The molecule has 44 valence electrons. The molecule has 0 atom stereocenters. The Morgan fingerprint density at radius 1 is 1.50 bits per heavy atom. The molecule has 0 saturated heterocycles. The van der Waals surface area contributed by atoms with Crippen molar-refractivity contribution in [3.05, 3.63) is 35.5 Å². The summed E-state index contributed by atoms with van der Waals surface area (Å²) in [5.41, 5.74) is 0. The first-order valence-corrected chi connectivity index (χ1v) is 3.27. The van der Waals surface area contributed by atoms with Crippen molar-refractivity contribution in [2.45, 2.75) is 6.92 Å². The Labute approximate surface area is 54.5 Å². The molecule has 1 heteroatoms. The second-order valence-corrected chi connectivity index (χ2v) is 2.38. The van der Waals surface area contributed by atoms with Gasteiger partial charge >= 0.3 is 0 Å². The van der Waals surface area contributed by atoms with Crippen LogP contribution in [0.15, 0.2) is 30.7 Å². The van der Waals surface area contributed by atoms with E-state index in [1.807, 2.05) is 0 Å². The maximum Gasteiger partial charge on any atom is 0.00141 e. The maximum absolute atomic E-state index is 3.00. The Hall–Kier alpha value is -0.560. The summed E-state index contributed by atoms with van der Waals surface area (Å²) in [5.74, 6) is 0. The van der Waals surface area contributed by atoms with Gasteiger partial charge in [0.15, 0.2) is 0 Å². The fourth-order valence-electron chi connectivity index (χ4n) is 0.361. The van der Waals surface area contributed by atoms with Crippen LogP contribution in [0.2, 0.25) is 0 Å². The minimum absolute atomic E-state index is 1.38. The van der Waals surface area contributed by atoms with Crippen molar-refractivity contribution in [3.63, 3.8) is 0 Å². The summed E-state index contributed by atoms with van der Waals surface area (Å²) in [6.45, 7) is 8.10. The third-order valence-corrected chi connectivity index (χ3v) is 1.46. The summed E-state index contributed by atoms with van der Waals surface area (Å²) in [6.07, 6.45) is 0. The number of rotatable bonds is 0. The normalized spacial score (nSPS) is 7.12. The molecule has 0 N–H and O–H groups in total. The van der Waals surface area contributed by atoms with Crippen LogP contribution in [0.5, 0.6) is 0 Å². The molecule has 1 aromatic rings. The predicted molar refractivity (Wildman–Crippen MR) is 40.3 cm³/mol. The van der Waals surface area contributed by atoms with Gasteiger partial charge in [0.2, 0.25) is 0 Å².